The number of ether oxygens (including phenoxy) is 1. The number of hydrogen-bond acceptors (Lipinski definition) is 5. The maximum Gasteiger partial charge on any atom is 0.326 e. The van der Waals surface area contributed by atoms with E-state index < -0.39 is 16.3 Å². The van der Waals surface area contributed by atoms with Gasteiger partial charge in [-0.05, 0) is 32.7 Å². The van der Waals surface area contributed by atoms with Crippen molar-refractivity contribution in [1.82, 2.24) is 10.2 Å². The van der Waals surface area contributed by atoms with Gasteiger partial charge in [-0.2, -0.15) is 0 Å². The van der Waals surface area contributed by atoms with Crippen LogP contribution in [0.15, 0.2) is 0 Å². The molecule has 1 saturated heterocycles. The fourth-order valence-electron chi connectivity index (χ4n) is 3.37. The van der Waals surface area contributed by atoms with Crippen molar-refractivity contribution < 1.29 is 13.7 Å². The Hall–Kier alpha value is -0.460. The molecular weight excluding hydrogens is 276 g/mol. The molecule has 0 amide bonds. The van der Waals surface area contributed by atoms with E-state index in [2.05, 4.69) is 10.2 Å². The van der Waals surface area contributed by atoms with E-state index in [0.29, 0.717) is 12.6 Å². The van der Waals surface area contributed by atoms with Gasteiger partial charge in [-0.3, -0.25) is 13.9 Å². The summed E-state index contributed by atoms with van der Waals surface area (Å²) in [5.74, 6) is 1.43. The highest BCUT2D eigenvalue weighted by Gasteiger charge is 2.47. The molecule has 0 bridgehead atoms. The first-order valence-corrected chi connectivity index (χ1v) is 9.11. The predicted molar refractivity (Wildman–Crippen MR) is 80.1 cm³/mol. The molecule has 5 nitrogen and oxygen atoms in total. The summed E-state index contributed by atoms with van der Waals surface area (Å²) in [6.45, 7) is 6.86. The van der Waals surface area contributed by atoms with Crippen LogP contribution in [0.1, 0.15) is 33.1 Å². The lowest BCUT2D eigenvalue weighted by molar-refractivity contribution is -0.151. The summed E-state index contributed by atoms with van der Waals surface area (Å²) in [5.41, 5.74) is -0.508. The van der Waals surface area contributed by atoms with E-state index in [1.54, 1.807) is 0 Å². The number of carbonyl (C=O) groups excluding carboxylic acids is 1. The Balaban J connectivity index is 1.99. The van der Waals surface area contributed by atoms with Crippen LogP contribution in [0.5, 0.6) is 0 Å². The second kappa shape index (κ2) is 7.00. The van der Waals surface area contributed by atoms with Crippen LogP contribution in [0.2, 0.25) is 0 Å². The molecule has 2 aliphatic rings. The van der Waals surface area contributed by atoms with Crippen molar-refractivity contribution in [1.29, 1.82) is 0 Å². The zero-order valence-electron chi connectivity index (χ0n) is 12.5. The van der Waals surface area contributed by atoms with Crippen molar-refractivity contribution in [2.45, 2.75) is 44.7 Å². The average molecular weight is 302 g/mol. The second-order valence-corrected chi connectivity index (χ2v) is 7.31. The number of nitrogens with one attached hydrogen (secondary N) is 1. The summed E-state index contributed by atoms with van der Waals surface area (Å²) in [6.07, 6.45) is 2.66. The molecule has 2 unspecified atom stereocenters. The Morgan fingerprint density at radius 3 is 2.70 bits per heavy atom. The zero-order chi connectivity index (χ0) is 14.6. The molecule has 0 spiro atoms. The maximum absolute atomic E-state index is 12.3. The monoisotopic (exact) mass is 302 g/mol. The van der Waals surface area contributed by atoms with Crippen molar-refractivity contribution >= 4 is 16.8 Å². The minimum Gasteiger partial charge on any atom is -0.465 e. The lowest BCUT2D eigenvalue weighted by atomic mass is 9.97. The molecule has 1 aliphatic heterocycles. The summed E-state index contributed by atoms with van der Waals surface area (Å²) in [4.78, 5) is 14.7. The molecule has 2 atom stereocenters. The summed E-state index contributed by atoms with van der Waals surface area (Å²) in [7, 11) is -0.644. The SMILES string of the molecule is CCNC1(C(=O)OCC)CCC(N2CCS(=O)CC2)C1. The fourth-order valence-corrected chi connectivity index (χ4v) is 4.45. The van der Waals surface area contributed by atoms with Gasteiger partial charge in [-0.1, -0.05) is 6.92 Å². The fraction of sp³-hybridized carbons (Fsp3) is 0.929. The first-order valence-electron chi connectivity index (χ1n) is 7.62. The van der Waals surface area contributed by atoms with Crippen LogP contribution in [-0.4, -0.2) is 64.4 Å². The first-order chi connectivity index (χ1) is 9.61. The summed E-state index contributed by atoms with van der Waals surface area (Å²) in [5, 5.41) is 3.36. The van der Waals surface area contributed by atoms with Crippen LogP contribution in [0.4, 0.5) is 0 Å². The molecule has 2 fully saturated rings. The van der Waals surface area contributed by atoms with E-state index in [-0.39, 0.29) is 5.97 Å². The van der Waals surface area contributed by atoms with E-state index in [1.165, 1.54) is 0 Å². The molecule has 0 aromatic rings. The Bertz CT molecular complexity index is 367. The molecule has 0 aromatic carbocycles. The Kier molecular flexibility index (Phi) is 5.57. The predicted octanol–water partition coefficient (Wildman–Crippen LogP) is 0.515. The molecule has 6 heteroatoms. The highest BCUT2D eigenvalue weighted by Crippen LogP contribution is 2.34. The highest BCUT2D eigenvalue weighted by molar-refractivity contribution is 7.85. The Morgan fingerprint density at radius 2 is 2.10 bits per heavy atom. The van der Waals surface area contributed by atoms with Gasteiger partial charge in [0, 0.05) is 41.4 Å². The normalized spacial score (nSPS) is 32.4. The third-order valence-electron chi connectivity index (χ3n) is 4.40. The van der Waals surface area contributed by atoms with Crippen LogP contribution in [0, 0.1) is 0 Å². The first kappa shape index (κ1) is 15.9. The molecule has 20 heavy (non-hydrogen) atoms. The van der Waals surface area contributed by atoms with Crippen molar-refractivity contribution in [2.75, 3.05) is 37.7 Å². The van der Waals surface area contributed by atoms with Crippen molar-refractivity contribution in [3.05, 3.63) is 0 Å². The van der Waals surface area contributed by atoms with Gasteiger partial charge in [-0.15, -0.1) is 0 Å². The second-order valence-electron chi connectivity index (χ2n) is 5.61. The minimum atomic E-state index is -0.644. The van der Waals surface area contributed by atoms with Crippen LogP contribution in [0.3, 0.4) is 0 Å². The average Bonchev–Trinajstić information content (AvgIpc) is 2.86. The van der Waals surface area contributed by atoms with Gasteiger partial charge in [-0.25, -0.2) is 0 Å². The summed E-state index contributed by atoms with van der Waals surface area (Å²) < 4.78 is 16.7. The van der Waals surface area contributed by atoms with E-state index in [0.717, 1.165) is 50.4 Å². The molecule has 116 valence electrons. The highest BCUT2D eigenvalue weighted by atomic mass is 32.2. The molecule has 1 heterocycles. The van der Waals surface area contributed by atoms with Crippen molar-refractivity contribution in [3.8, 4) is 0 Å². The molecule has 2 rings (SSSR count). The molecule has 1 N–H and O–H groups in total. The Labute approximate surface area is 123 Å². The molecule has 0 aromatic heterocycles. The van der Waals surface area contributed by atoms with Gasteiger partial charge in [0.15, 0.2) is 0 Å². The summed E-state index contributed by atoms with van der Waals surface area (Å²) in [6, 6.07) is 0.413. The standard InChI is InChI=1S/C14H26N2O3S/c1-3-15-14(13(17)19-4-2)6-5-12(11-14)16-7-9-20(18)10-8-16/h12,15H,3-11H2,1-2H3. The topological polar surface area (TPSA) is 58.6 Å². The van der Waals surface area contributed by atoms with Crippen LogP contribution in [-0.2, 0) is 20.3 Å². The van der Waals surface area contributed by atoms with Gasteiger partial charge in [0.2, 0.25) is 0 Å². The van der Waals surface area contributed by atoms with E-state index >= 15 is 0 Å². The number of hydrogen-bond donors (Lipinski definition) is 1. The third-order valence-corrected chi connectivity index (χ3v) is 5.67. The maximum atomic E-state index is 12.3. The van der Waals surface area contributed by atoms with Gasteiger partial charge < -0.3 is 10.1 Å². The quantitative estimate of drug-likeness (QED) is 0.750. The van der Waals surface area contributed by atoms with E-state index in [9.17, 15) is 9.00 Å². The van der Waals surface area contributed by atoms with Crippen LogP contribution < -0.4 is 5.32 Å². The smallest absolute Gasteiger partial charge is 0.326 e. The van der Waals surface area contributed by atoms with Gasteiger partial charge in [0.1, 0.15) is 5.54 Å². The number of esters is 1. The number of nitrogens with zero attached hydrogens (tertiary/aromatic N) is 1. The molecular formula is C14H26N2O3S. The zero-order valence-corrected chi connectivity index (χ0v) is 13.3. The molecule has 0 radical (unpaired) electrons. The van der Waals surface area contributed by atoms with Crippen molar-refractivity contribution in [2.24, 2.45) is 0 Å². The summed E-state index contributed by atoms with van der Waals surface area (Å²) >= 11 is 0. The van der Waals surface area contributed by atoms with Gasteiger partial charge in [0.05, 0.1) is 6.61 Å². The minimum absolute atomic E-state index is 0.107. The van der Waals surface area contributed by atoms with Gasteiger partial charge in [0.25, 0.3) is 0 Å². The largest absolute Gasteiger partial charge is 0.465 e. The van der Waals surface area contributed by atoms with E-state index in [4.69, 9.17) is 4.74 Å². The number of likely N-dealkylation sites (N-methyl/N-ethyl adjacent to an activating group) is 1. The van der Waals surface area contributed by atoms with Gasteiger partial charge >= 0.3 is 5.97 Å². The van der Waals surface area contributed by atoms with Crippen molar-refractivity contribution in [3.63, 3.8) is 0 Å². The molecule has 1 saturated carbocycles. The number of rotatable bonds is 5. The lowest BCUT2D eigenvalue weighted by Crippen LogP contribution is -2.53. The van der Waals surface area contributed by atoms with Crippen LogP contribution >= 0.6 is 0 Å². The lowest BCUT2D eigenvalue weighted by Gasteiger charge is -2.33. The van der Waals surface area contributed by atoms with E-state index in [1.807, 2.05) is 13.8 Å². The third kappa shape index (κ3) is 3.40. The number of carbonyl (C=O) groups is 1. The molecule has 1 aliphatic carbocycles. The Morgan fingerprint density at radius 1 is 1.40 bits per heavy atom. The van der Waals surface area contributed by atoms with Crippen LogP contribution in [0.25, 0.3) is 0 Å².